The number of hydrogen-bond donors (Lipinski definition) is 1. The Hall–Kier alpha value is -0.470. The van der Waals surface area contributed by atoms with Gasteiger partial charge in [0.1, 0.15) is 0 Å². The van der Waals surface area contributed by atoms with Crippen molar-refractivity contribution in [3.8, 4) is 0 Å². The van der Waals surface area contributed by atoms with Gasteiger partial charge in [0.05, 0.1) is 0 Å². The first kappa shape index (κ1) is 10.7. The fourth-order valence-electron chi connectivity index (χ4n) is 1.95. The zero-order chi connectivity index (χ0) is 11.0. The van der Waals surface area contributed by atoms with Gasteiger partial charge in [-0.2, -0.15) is 0 Å². The Bertz CT molecular complexity index is 363. The van der Waals surface area contributed by atoms with Crippen LogP contribution in [0.5, 0.6) is 0 Å². The summed E-state index contributed by atoms with van der Waals surface area (Å²) < 4.78 is 0. The van der Waals surface area contributed by atoms with Crippen LogP contribution in [0, 0.1) is 5.92 Å². The van der Waals surface area contributed by atoms with E-state index < -0.39 is 0 Å². The second-order valence-corrected chi connectivity index (χ2v) is 6.53. The van der Waals surface area contributed by atoms with Gasteiger partial charge in [0, 0.05) is 16.2 Å². The molecular formula is C14H19NS. The lowest BCUT2D eigenvalue weighted by Gasteiger charge is -2.08. The maximum Gasteiger partial charge on any atom is 0.0196 e. The van der Waals surface area contributed by atoms with E-state index >= 15 is 0 Å². The molecular weight excluding hydrogens is 214 g/mol. The summed E-state index contributed by atoms with van der Waals surface area (Å²) in [4.78, 5) is 1.41. The molecule has 0 spiro atoms. The highest BCUT2D eigenvalue weighted by atomic mass is 32.2. The molecule has 2 saturated carbocycles. The molecule has 0 amide bonds. The lowest BCUT2D eigenvalue weighted by atomic mass is 10.1. The summed E-state index contributed by atoms with van der Waals surface area (Å²) in [6.07, 6.45) is 6.35. The smallest absolute Gasteiger partial charge is 0.0196 e. The molecule has 0 saturated heterocycles. The van der Waals surface area contributed by atoms with Gasteiger partial charge in [-0.15, -0.1) is 11.8 Å². The SMILES string of the molecule is NC1(Cc2ccc(SCC3CC3)cc2)CC1. The molecule has 1 aromatic rings. The molecule has 3 rings (SSSR count). The number of hydrogen-bond acceptors (Lipinski definition) is 2. The summed E-state index contributed by atoms with van der Waals surface area (Å²) in [6.45, 7) is 0. The largest absolute Gasteiger partial charge is 0.325 e. The van der Waals surface area contributed by atoms with Gasteiger partial charge in [0.2, 0.25) is 0 Å². The van der Waals surface area contributed by atoms with Crippen LogP contribution in [0.3, 0.4) is 0 Å². The van der Waals surface area contributed by atoms with E-state index in [0.717, 1.165) is 12.3 Å². The van der Waals surface area contributed by atoms with Crippen molar-refractivity contribution >= 4 is 11.8 Å². The van der Waals surface area contributed by atoms with Gasteiger partial charge in [-0.25, -0.2) is 0 Å². The van der Waals surface area contributed by atoms with E-state index in [1.54, 1.807) is 0 Å². The van der Waals surface area contributed by atoms with Gasteiger partial charge >= 0.3 is 0 Å². The first-order valence-electron chi connectivity index (χ1n) is 6.24. The molecule has 86 valence electrons. The monoisotopic (exact) mass is 233 g/mol. The van der Waals surface area contributed by atoms with E-state index in [0.29, 0.717) is 0 Å². The Morgan fingerprint density at radius 1 is 1.19 bits per heavy atom. The van der Waals surface area contributed by atoms with E-state index in [4.69, 9.17) is 5.73 Å². The minimum Gasteiger partial charge on any atom is -0.325 e. The van der Waals surface area contributed by atoms with Crippen molar-refractivity contribution in [2.45, 2.75) is 42.5 Å². The summed E-state index contributed by atoms with van der Waals surface area (Å²) >= 11 is 2.00. The van der Waals surface area contributed by atoms with E-state index in [1.165, 1.54) is 41.9 Å². The Labute approximate surface area is 102 Å². The Balaban J connectivity index is 1.55. The number of rotatable bonds is 5. The van der Waals surface area contributed by atoms with Crippen molar-refractivity contribution in [1.82, 2.24) is 0 Å². The van der Waals surface area contributed by atoms with Crippen molar-refractivity contribution in [2.75, 3.05) is 5.75 Å². The van der Waals surface area contributed by atoms with Crippen LogP contribution in [-0.2, 0) is 6.42 Å². The molecule has 2 N–H and O–H groups in total. The third-order valence-corrected chi connectivity index (χ3v) is 4.80. The van der Waals surface area contributed by atoms with Crippen molar-refractivity contribution in [2.24, 2.45) is 11.7 Å². The highest BCUT2D eigenvalue weighted by Crippen LogP contribution is 2.37. The third-order valence-electron chi connectivity index (χ3n) is 3.55. The van der Waals surface area contributed by atoms with Crippen LogP contribution in [0.15, 0.2) is 29.2 Å². The Morgan fingerprint density at radius 3 is 2.44 bits per heavy atom. The maximum absolute atomic E-state index is 6.12. The van der Waals surface area contributed by atoms with E-state index in [1.807, 2.05) is 11.8 Å². The topological polar surface area (TPSA) is 26.0 Å². The predicted octanol–water partition coefficient (Wildman–Crippen LogP) is 3.22. The second-order valence-electron chi connectivity index (χ2n) is 5.44. The zero-order valence-corrected chi connectivity index (χ0v) is 10.4. The number of thioether (sulfide) groups is 1. The number of benzene rings is 1. The fraction of sp³-hybridized carbons (Fsp3) is 0.571. The highest BCUT2D eigenvalue weighted by molar-refractivity contribution is 7.99. The average molecular weight is 233 g/mol. The van der Waals surface area contributed by atoms with Crippen LogP contribution in [-0.4, -0.2) is 11.3 Å². The van der Waals surface area contributed by atoms with Gasteiger partial charge in [0.25, 0.3) is 0 Å². The van der Waals surface area contributed by atoms with Crippen molar-refractivity contribution in [3.05, 3.63) is 29.8 Å². The summed E-state index contributed by atoms with van der Waals surface area (Å²) in [7, 11) is 0. The van der Waals surface area contributed by atoms with Gasteiger partial charge in [-0.1, -0.05) is 12.1 Å². The van der Waals surface area contributed by atoms with Crippen molar-refractivity contribution in [3.63, 3.8) is 0 Å². The number of nitrogens with two attached hydrogens (primary N) is 1. The highest BCUT2D eigenvalue weighted by Gasteiger charge is 2.37. The van der Waals surface area contributed by atoms with E-state index in [2.05, 4.69) is 24.3 Å². The molecule has 2 heteroatoms. The second kappa shape index (κ2) is 4.08. The molecule has 16 heavy (non-hydrogen) atoms. The van der Waals surface area contributed by atoms with Gasteiger partial charge in [-0.05, 0) is 55.7 Å². The minimum absolute atomic E-state index is 0.142. The first-order chi connectivity index (χ1) is 7.73. The minimum atomic E-state index is 0.142. The molecule has 1 nitrogen and oxygen atoms in total. The average Bonchev–Trinajstić information content (AvgIpc) is 3.16. The summed E-state index contributed by atoms with van der Waals surface area (Å²) in [6, 6.07) is 9.02. The molecule has 2 fully saturated rings. The summed E-state index contributed by atoms with van der Waals surface area (Å²) in [5, 5.41) is 0. The summed E-state index contributed by atoms with van der Waals surface area (Å²) in [5.74, 6) is 2.31. The molecule has 0 atom stereocenters. The van der Waals surface area contributed by atoms with Crippen LogP contribution in [0.1, 0.15) is 31.2 Å². The summed E-state index contributed by atoms with van der Waals surface area (Å²) in [5.41, 5.74) is 7.66. The molecule has 0 aliphatic heterocycles. The third kappa shape index (κ3) is 2.80. The zero-order valence-electron chi connectivity index (χ0n) is 9.61. The van der Waals surface area contributed by atoms with Crippen LogP contribution in [0.2, 0.25) is 0 Å². The van der Waals surface area contributed by atoms with E-state index in [-0.39, 0.29) is 5.54 Å². The predicted molar refractivity (Wildman–Crippen MR) is 69.7 cm³/mol. The standard InChI is InChI=1S/C14H19NS/c15-14(7-8-14)9-11-3-5-13(6-4-11)16-10-12-1-2-12/h3-6,12H,1-2,7-10,15H2. The quantitative estimate of drug-likeness (QED) is 0.790. The molecule has 0 heterocycles. The van der Waals surface area contributed by atoms with Gasteiger partial charge < -0.3 is 5.73 Å². The Morgan fingerprint density at radius 2 is 1.88 bits per heavy atom. The molecule has 2 aliphatic carbocycles. The van der Waals surface area contributed by atoms with Crippen molar-refractivity contribution in [1.29, 1.82) is 0 Å². The molecule has 0 bridgehead atoms. The maximum atomic E-state index is 6.12. The van der Waals surface area contributed by atoms with Crippen LogP contribution in [0.25, 0.3) is 0 Å². The molecule has 0 unspecified atom stereocenters. The lowest BCUT2D eigenvalue weighted by molar-refractivity contribution is 0.672. The van der Waals surface area contributed by atoms with Crippen LogP contribution in [0.4, 0.5) is 0 Å². The fourth-order valence-corrected chi connectivity index (χ4v) is 3.04. The molecule has 2 aliphatic rings. The van der Waals surface area contributed by atoms with Crippen molar-refractivity contribution < 1.29 is 0 Å². The van der Waals surface area contributed by atoms with Crippen LogP contribution >= 0.6 is 11.8 Å². The van der Waals surface area contributed by atoms with Gasteiger partial charge in [0.15, 0.2) is 0 Å². The lowest BCUT2D eigenvalue weighted by Crippen LogP contribution is -2.24. The Kier molecular flexibility index (Phi) is 2.72. The normalized spacial score (nSPS) is 22.1. The molecule has 1 aromatic carbocycles. The molecule has 0 radical (unpaired) electrons. The first-order valence-corrected chi connectivity index (χ1v) is 7.23. The van der Waals surface area contributed by atoms with Crippen LogP contribution < -0.4 is 5.73 Å². The molecule has 0 aromatic heterocycles. The van der Waals surface area contributed by atoms with Gasteiger partial charge in [-0.3, -0.25) is 0 Å². The van der Waals surface area contributed by atoms with E-state index in [9.17, 15) is 0 Å².